The maximum Gasteiger partial charge on any atom is 0.406 e. The van der Waals surface area contributed by atoms with Gasteiger partial charge in [-0.2, -0.15) is 13.2 Å². The van der Waals surface area contributed by atoms with E-state index in [9.17, 15) is 23.1 Å². The smallest absolute Gasteiger partial charge is 0.406 e. The summed E-state index contributed by atoms with van der Waals surface area (Å²) in [5, 5.41) is 10.3. The third-order valence-electron chi connectivity index (χ3n) is 3.47. The van der Waals surface area contributed by atoms with Crippen molar-refractivity contribution >= 4 is 11.2 Å². The Kier molecular flexibility index (Phi) is 9.42. The Morgan fingerprint density at radius 1 is 1.22 bits per heavy atom. The van der Waals surface area contributed by atoms with Crippen molar-refractivity contribution in [1.82, 2.24) is 9.55 Å². The number of aromatic hydroxyl groups is 1. The summed E-state index contributed by atoms with van der Waals surface area (Å²) in [6, 6.07) is 6.59. The van der Waals surface area contributed by atoms with Gasteiger partial charge in [-0.25, -0.2) is 4.98 Å². The molecule has 0 unspecified atom stereocenters. The number of aryl methyl sites for hydroxylation is 1. The molecule has 0 aliphatic rings. The van der Waals surface area contributed by atoms with Crippen molar-refractivity contribution in [3.05, 3.63) is 54.0 Å². The number of halogens is 3. The van der Waals surface area contributed by atoms with Gasteiger partial charge in [-0.1, -0.05) is 38.1 Å². The average molecular weight is 458 g/mol. The summed E-state index contributed by atoms with van der Waals surface area (Å²) in [5.74, 6) is -0.494. The number of benzene rings is 1. The Morgan fingerprint density at radius 3 is 2.37 bits per heavy atom. The first-order valence-electron chi connectivity index (χ1n) is 7.61. The van der Waals surface area contributed by atoms with Gasteiger partial charge in [0.2, 0.25) is 5.71 Å². The first-order chi connectivity index (χ1) is 11.8. The van der Waals surface area contributed by atoms with E-state index in [0.717, 1.165) is 6.39 Å². The Labute approximate surface area is 180 Å². The van der Waals surface area contributed by atoms with E-state index in [1.54, 1.807) is 31.2 Å². The van der Waals surface area contributed by atoms with Crippen molar-refractivity contribution in [2.24, 2.45) is 0 Å². The number of hydrogen-bond donors (Lipinski definition) is 1. The molecular formula is C18H20F3N2O3Y-. The van der Waals surface area contributed by atoms with Gasteiger partial charge in [0.25, 0.3) is 5.56 Å². The minimum Gasteiger partial charge on any atom is -0.505 e. The molecule has 3 aromatic rings. The molecule has 5 nitrogen and oxygen atoms in total. The van der Waals surface area contributed by atoms with Crippen LogP contribution in [0, 0.1) is 14.4 Å². The summed E-state index contributed by atoms with van der Waals surface area (Å²) < 4.78 is 43.7. The molecule has 0 aliphatic carbocycles. The van der Waals surface area contributed by atoms with E-state index in [4.69, 9.17) is 4.42 Å². The van der Waals surface area contributed by atoms with Crippen molar-refractivity contribution < 1.29 is 55.4 Å². The van der Waals surface area contributed by atoms with Gasteiger partial charge < -0.3 is 17.0 Å². The fourth-order valence-electron chi connectivity index (χ4n) is 2.46. The summed E-state index contributed by atoms with van der Waals surface area (Å²) in [5.41, 5.74) is -0.835. The minimum atomic E-state index is -4.62. The summed E-state index contributed by atoms with van der Waals surface area (Å²) in [4.78, 5) is 16.3. The maximum absolute atomic E-state index is 12.8. The van der Waals surface area contributed by atoms with Crippen LogP contribution in [-0.4, -0.2) is 20.8 Å². The summed E-state index contributed by atoms with van der Waals surface area (Å²) in [7, 11) is 0. The number of pyridine rings is 1. The van der Waals surface area contributed by atoms with E-state index >= 15 is 0 Å². The van der Waals surface area contributed by atoms with Crippen LogP contribution < -0.4 is 5.56 Å². The molecule has 1 N–H and O–H groups in total. The molecule has 2 heterocycles. The molecule has 2 aromatic heterocycles. The number of hydrogen-bond acceptors (Lipinski definition) is 4. The Bertz CT molecular complexity index is 949. The fraction of sp³-hybridized carbons (Fsp3) is 0.278. The standard InChI is InChI=1S/C15H11F3N2O3.C2H6.CH3.Y/c1-8-4-2-3-5-9(8)10-12(21)11-14(23-7-19-11)20(13(10)22)6-15(16,17)18;1-2;;/h2-5,7,21H,6H2,1H3;1-2H3;1H3;/q;;-1;. The van der Waals surface area contributed by atoms with Gasteiger partial charge in [-0.15, -0.1) is 0 Å². The molecule has 0 amide bonds. The van der Waals surface area contributed by atoms with E-state index < -0.39 is 29.7 Å². The molecule has 0 atom stereocenters. The van der Waals surface area contributed by atoms with Crippen LogP contribution in [0.2, 0.25) is 0 Å². The molecule has 1 aromatic carbocycles. The van der Waals surface area contributed by atoms with Gasteiger partial charge in [0.1, 0.15) is 6.54 Å². The van der Waals surface area contributed by atoms with Crippen LogP contribution in [0.5, 0.6) is 5.75 Å². The average Bonchev–Trinajstić information content (AvgIpc) is 3.04. The predicted molar refractivity (Wildman–Crippen MR) is 93.9 cm³/mol. The largest absolute Gasteiger partial charge is 0.505 e. The molecule has 1 radical (unpaired) electrons. The quantitative estimate of drug-likeness (QED) is 0.565. The van der Waals surface area contributed by atoms with E-state index in [1.807, 2.05) is 13.8 Å². The fourth-order valence-corrected chi connectivity index (χ4v) is 2.46. The zero-order chi connectivity index (χ0) is 18.8. The van der Waals surface area contributed by atoms with Crippen LogP contribution in [0.4, 0.5) is 13.2 Å². The molecule has 3 rings (SSSR count). The monoisotopic (exact) mass is 458 g/mol. The summed E-state index contributed by atoms with van der Waals surface area (Å²) in [6.07, 6.45) is -3.73. The first kappa shape index (κ1) is 25.3. The van der Waals surface area contributed by atoms with Crippen LogP contribution in [0.25, 0.3) is 22.4 Å². The van der Waals surface area contributed by atoms with Crippen molar-refractivity contribution in [3.8, 4) is 16.9 Å². The van der Waals surface area contributed by atoms with Crippen LogP contribution in [0.3, 0.4) is 0 Å². The summed E-state index contributed by atoms with van der Waals surface area (Å²) >= 11 is 0. The van der Waals surface area contributed by atoms with Crippen molar-refractivity contribution in [2.45, 2.75) is 33.5 Å². The molecule has 9 heteroatoms. The van der Waals surface area contributed by atoms with Crippen molar-refractivity contribution in [1.29, 1.82) is 0 Å². The van der Waals surface area contributed by atoms with Crippen LogP contribution >= 0.6 is 0 Å². The van der Waals surface area contributed by atoms with Crippen LogP contribution in [0.15, 0.2) is 39.9 Å². The predicted octanol–water partition coefficient (Wildman–Crippen LogP) is 4.71. The van der Waals surface area contributed by atoms with E-state index in [0.29, 0.717) is 15.7 Å². The molecule has 0 saturated heterocycles. The van der Waals surface area contributed by atoms with Crippen molar-refractivity contribution in [2.75, 3.05) is 0 Å². The molecule has 0 spiro atoms. The second-order valence-electron chi connectivity index (χ2n) is 5.05. The number of fused-ring (bicyclic) bond motifs is 1. The van der Waals surface area contributed by atoms with Gasteiger partial charge in [0.15, 0.2) is 17.7 Å². The zero-order valence-corrected chi connectivity index (χ0v) is 18.3. The Balaban J connectivity index is 0.00000164. The molecule has 27 heavy (non-hydrogen) atoms. The second kappa shape index (κ2) is 10.0. The molecule has 0 aliphatic heterocycles. The normalized spacial score (nSPS) is 10.4. The molecule has 0 fully saturated rings. The topological polar surface area (TPSA) is 68.3 Å². The van der Waals surface area contributed by atoms with Gasteiger partial charge in [-0.05, 0) is 18.1 Å². The first-order valence-corrected chi connectivity index (χ1v) is 7.61. The van der Waals surface area contributed by atoms with Gasteiger partial charge in [-0.3, -0.25) is 9.36 Å². The molecule has 145 valence electrons. The maximum atomic E-state index is 12.8. The zero-order valence-electron chi connectivity index (χ0n) is 15.5. The van der Waals surface area contributed by atoms with Crippen LogP contribution in [-0.2, 0) is 39.3 Å². The number of alkyl halides is 3. The Morgan fingerprint density at radius 2 is 1.81 bits per heavy atom. The Hall–Kier alpha value is -1.67. The number of rotatable bonds is 2. The van der Waals surface area contributed by atoms with E-state index in [1.165, 1.54) is 0 Å². The third kappa shape index (κ3) is 5.20. The van der Waals surface area contributed by atoms with Crippen molar-refractivity contribution in [3.63, 3.8) is 0 Å². The summed E-state index contributed by atoms with van der Waals surface area (Å²) in [6.45, 7) is 4.16. The number of nitrogens with zero attached hydrogens (tertiary/aromatic N) is 2. The molecular weight excluding hydrogens is 438 g/mol. The number of oxazole rings is 1. The SMILES string of the molecule is CC.Cc1ccccc1-c1c(O)c2ncoc2n(CC(F)(F)F)c1=O.[CH3-].[Y]. The van der Waals surface area contributed by atoms with Gasteiger partial charge >= 0.3 is 6.18 Å². The molecule has 0 bridgehead atoms. The number of aromatic nitrogens is 2. The van der Waals surface area contributed by atoms with Gasteiger partial charge in [0.05, 0.1) is 5.56 Å². The van der Waals surface area contributed by atoms with E-state index in [-0.39, 0.29) is 51.2 Å². The second-order valence-corrected chi connectivity index (χ2v) is 5.05. The van der Waals surface area contributed by atoms with Crippen LogP contribution in [0.1, 0.15) is 19.4 Å². The van der Waals surface area contributed by atoms with Gasteiger partial charge in [0, 0.05) is 32.7 Å². The minimum absolute atomic E-state index is 0. The molecule has 0 saturated carbocycles. The van der Waals surface area contributed by atoms with E-state index in [2.05, 4.69) is 4.98 Å². The third-order valence-corrected chi connectivity index (χ3v) is 3.47.